The van der Waals surface area contributed by atoms with Crippen LogP contribution in [0.15, 0.2) is 34.9 Å². The van der Waals surface area contributed by atoms with Crippen LogP contribution in [0.3, 0.4) is 0 Å². The van der Waals surface area contributed by atoms with E-state index in [1.165, 1.54) is 0 Å². The van der Waals surface area contributed by atoms with E-state index in [1.807, 2.05) is 37.3 Å². The van der Waals surface area contributed by atoms with Crippen LogP contribution in [-0.4, -0.2) is 28.3 Å². The summed E-state index contributed by atoms with van der Waals surface area (Å²) < 4.78 is 11.1. The number of carbonyl (C=O) groups is 1. The minimum absolute atomic E-state index is 0.0316. The average molecular weight is 327 g/mol. The zero-order chi connectivity index (χ0) is 16.5. The van der Waals surface area contributed by atoms with E-state index in [-0.39, 0.29) is 30.1 Å². The largest absolute Gasteiger partial charge is 0.374 e. The Morgan fingerprint density at radius 2 is 2.17 bits per heavy atom. The van der Waals surface area contributed by atoms with Crippen molar-refractivity contribution in [2.75, 3.05) is 0 Å². The molecular weight excluding hydrogens is 306 g/mol. The molecule has 2 aliphatic rings. The van der Waals surface area contributed by atoms with E-state index >= 15 is 0 Å². The summed E-state index contributed by atoms with van der Waals surface area (Å²) in [5.74, 6) is 1.06. The minimum Gasteiger partial charge on any atom is -0.374 e. The number of amides is 1. The van der Waals surface area contributed by atoms with Crippen molar-refractivity contribution in [3.8, 4) is 0 Å². The van der Waals surface area contributed by atoms with E-state index in [2.05, 4.69) is 15.5 Å². The topological polar surface area (TPSA) is 77.2 Å². The fraction of sp³-hybridized carbons (Fsp3) is 0.500. The summed E-state index contributed by atoms with van der Waals surface area (Å²) >= 11 is 0. The highest BCUT2D eigenvalue weighted by molar-refractivity contribution is 5.80. The smallest absolute Gasteiger partial charge is 0.231 e. The molecule has 6 nitrogen and oxygen atoms in total. The van der Waals surface area contributed by atoms with E-state index in [0.29, 0.717) is 18.1 Å². The predicted octanol–water partition coefficient (Wildman–Crippen LogP) is 2.41. The van der Waals surface area contributed by atoms with Crippen LogP contribution in [0.25, 0.3) is 0 Å². The van der Waals surface area contributed by atoms with Gasteiger partial charge >= 0.3 is 0 Å². The Morgan fingerprint density at radius 1 is 1.33 bits per heavy atom. The summed E-state index contributed by atoms with van der Waals surface area (Å²) in [6, 6.07) is 9.69. The number of ether oxygens (including phenoxy) is 1. The number of carbonyl (C=O) groups excluding carboxylic acids is 1. The van der Waals surface area contributed by atoms with Crippen LogP contribution in [-0.2, 0) is 16.0 Å². The van der Waals surface area contributed by atoms with Gasteiger partial charge in [-0.3, -0.25) is 4.79 Å². The molecule has 1 N–H and O–H groups in total. The fourth-order valence-corrected chi connectivity index (χ4v) is 3.58. The fourth-order valence-electron chi connectivity index (χ4n) is 3.58. The third-order valence-electron chi connectivity index (χ3n) is 4.87. The molecule has 0 radical (unpaired) electrons. The third kappa shape index (κ3) is 3.06. The molecule has 1 aromatic heterocycles. The molecular formula is C18H21N3O3. The first kappa shape index (κ1) is 15.3. The number of hydrogen-bond donors (Lipinski definition) is 1. The van der Waals surface area contributed by atoms with Crippen molar-refractivity contribution in [1.29, 1.82) is 0 Å². The molecule has 1 amide bonds. The molecule has 1 aromatic carbocycles. The molecule has 2 fully saturated rings. The molecule has 24 heavy (non-hydrogen) atoms. The number of fused-ring (bicyclic) bond motifs is 2. The number of hydrogen-bond acceptors (Lipinski definition) is 5. The normalized spacial score (nSPS) is 26.5. The van der Waals surface area contributed by atoms with Gasteiger partial charge in [-0.2, -0.15) is 4.98 Å². The zero-order valence-electron chi connectivity index (χ0n) is 13.6. The Hall–Kier alpha value is -2.21. The maximum atomic E-state index is 12.4. The second-order valence-electron chi connectivity index (χ2n) is 6.66. The predicted molar refractivity (Wildman–Crippen MR) is 86.1 cm³/mol. The van der Waals surface area contributed by atoms with Gasteiger partial charge in [0.15, 0.2) is 5.82 Å². The van der Waals surface area contributed by atoms with Crippen molar-refractivity contribution in [3.05, 3.63) is 47.6 Å². The van der Waals surface area contributed by atoms with Crippen molar-refractivity contribution in [3.63, 3.8) is 0 Å². The summed E-state index contributed by atoms with van der Waals surface area (Å²) in [6.45, 7) is 1.88. The van der Waals surface area contributed by atoms with Crippen molar-refractivity contribution in [2.24, 2.45) is 5.92 Å². The van der Waals surface area contributed by atoms with Crippen LogP contribution in [0.5, 0.6) is 0 Å². The van der Waals surface area contributed by atoms with Crippen LogP contribution in [0.1, 0.15) is 49.5 Å². The lowest BCUT2D eigenvalue weighted by Crippen LogP contribution is -2.37. The Balaban J connectivity index is 1.36. The minimum atomic E-state index is -0.273. The van der Waals surface area contributed by atoms with Crippen LogP contribution < -0.4 is 5.32 Å². The van der Waals surface area contributed by atoms with Crippen molar-refractivity contribution in [2.45, 2.75) is 50.9 Å². The summed E-state index contributed by atoms with van der Waals surface area (Å²) in [4.78, 5) is 16.8. The first-order valence-electron chi connectivity index (χ1n) is 8.51. The van der Waals surface area contributed by atoms with Gasteiger partial charge in [0.1, 0.15) is 0 Å². The maximum Gasteiger partial charge on any atom is 0.231 e. The molecule has 2 aromatic rings. The second-order valence-corrected chi connectivity index (χ2v) is 6.66. The molecule has 2 bridgehead atoms. The highest BCUT2D eigenvalue weighted by Gasteiger charge is 2.44. The Kier molecular flexibility index (Phi) is 4.06. The van der Waals surface area contributed by atoms with E-state index in [4.69, 9.17) is 9.26 Å². The number of aromatic nitrogens is 2. The molecule has 6 heteroatoms. The van der Waals surface area contributed by atoms with Crippen molar-refractivity contribution >= 4 is 5.91 Å². The third-order valence-corrected chi connectivity index (χ3v) is 4.87. The van der Waals surface area contributed by atoms with Gasteiger partial charge in [0.25, 0.3) is 0 Å². The Labute approximate surface area is 140 Å². The monoisotopic (exact) mass is 327 g/mol. The zero-order valence-corrected chi connectivity index (χ0v) is 13.6. The average Bonchev–Trinajstić information content (AvgIpc) is 3.32. The summed E-state index contributed by atoms with van der Waals surface area (Å²) in [5, 5.41) is 7.00. The lowest BCUT2D eigenvalue weighted by Gasteiger charge is -2.19. The van der Waals surface area contributed by atoms with Crippen LogP contribution >= 0.6 is 0 Å². The van der Waals surface area contributed by atoms with Crippen LogP contribution in [0, 0.1) is 5.92 Å². The van der Waals surface area contributed by atoms with E-state index in [1.54, 1.807) is 0 Å². The number of nitrogens with zero attached hydrogens (tertiary/aromatic N) is 2. The SMILES string of the molecule is C[C@@H](NC(=O)[C@@H]1C[C@H]2CC[C@H]1O2)c1noc(Cc2ccccc2)n1. The van der Waals surface area contributed by atoms with E-state index in [0.717, 1.165) is 24.8 Å². The van der Waals surface area contributed by atoms with Gasteiger partial charge in [-0.25, -0.2) is 0 Å². The van der Waals surface area contributed by atoms with Gasteiger partial charge in [-0.1, -0.05) is 35.5 Å². The molecule has 0 unspecified atom stereocenters. The highest BCUT2D eigenvalue weighted by atomic mass is 16.5. The summed E-state index contributed by atoms with van der Waals surface area (Å²) in [6.07, 6.45) is 3.84. The van der Waals surface area contributed by atoms with E-state index in [9.17, 15) is 4.79 Å². The van der Waals surface area contributed by atoms with Crippen molar-refractivity contribution < 1.29 is 14.1 Å². The molecule has 4 rings (SSSR count). The molecule has 0 saturated carbocycles. The first-order valence-corrected chi connectivity index (χ1v) is 8.51. The van der Waals surface area contributed by atoms with Gasteiger partial charge in [0.05, 0.1) is 30.6 Å². The molecule has 4 atom stereocenters. The molecule has 0 aliphatic carbocycles. The lowest BCUT2D eigenvalue weighted by atomic mass is 9.88. The Morgan fingerprint density at radius 3 is 2.88 bits per heavy atom. The second kappa shape index (κ2) is 6.36. The van der Waals surface area contributed by atoms with Gasteiger partial charge in [-0.05, 0) is 31.7 Å². The molecule has 3 heterocycles. The number of nitrogens with one attached hydrogen (secondary N) is 1. The highest BCUT2D eigenvalue weighted by Crippen LogP contribution is 2.39. The molecule has 2 aliphatic heterocycles. The first-order chi connectivity index (χ1) is 11.7. The summed E-state index contributed by atoms with van der Waals surface area (Å²) in [5.41, 5.74) is 1.11. The lowest BCUT2D eigenvalue weighted by molar-refractivity contribution is -0.127. The van der Waals surface area contributed by atoms with Gasteiger partial charge < -0.3 is 14.6 Å². The van der Waals surface area contributed by atoms with Crippen LogP contribution in [0.4, 0.5) is 0 Å². The summed E-state index contributed by atoms with van der Waals surface area (Å²) in [7, 11) is 0. The van der Waals surface area contributed by atoms with Crippen molar-refractivity contribution in [1.82, 2.24) is 15.5 Å². The molecule has 126 valence electrons. The van der Waals surface area contributed by atoms with Gasteiger partial charge in [0.2, 0.25) is 11.8 Å². The maximum absolute atomic E-state index is 12.4. The number of benzene rings is 1. The number of rotatable bonds is 5. The molecule has 2 saturated heterocycles. The van der Waals surface area contributed by atoms with Crippen LogP contribution in [0.2, 0.25) is 0 Å². The standard InChI is InChI=1S/C18H21N3O3/c1-11(19-18(22)14-10-13-7-8-15(14)23-13)17-20-16(24-21-17)9-12-5-3-2-4-6-12/h2-6,11,13-15H,7-10H2,1H3,(H,19,22)/t11-,13-,14-,15-/m1/s1. The quantitative estimate of drug-likeness (QED) is 0.912. The molecule has 0 spiro atoms. The van der Waals surface area contributed by atoms with Gasteiger partial charge in [0, 0.05) is 0 Å². The van der Waals surface area contributed by atoms with Gasteiger partial charge in [-0.15, -0.1) is 0 Å². The Bertz CT molecular complexity index is 715. The van der Waals surface area contributed by atoms with E-state index < -0.39 is 0 Å².